The molecule has 0 aliphatic rings. The normalized spacial score (nSPS) is 12.7. The van der Waals surface area contributed by atoms with Gasteiger partial charge >= 0.3 is 12.1 Å². The Kier molecular flexibility index (Phi) is 10.1. The van der Waals surface area contributed by atoms with Crippen molar-refractivity contribution in [3.8, 4) is 0 Å². The fourth-order valence-electron chi connectivity index (χ4n) is 1.20. The molecule has 1 N–H and O–H groups in total. The van der Waals surface area contributed by atoms with E-state index in [1.807, 2.05) is 0 Å². The van der Waals surface area contributed by atoms with Crippen LogP contribution in [0.1, 0.15) is 46.5 Å². The van der Waals surface area contributed by atoms with Crippen molar-refractivity contribution < 1.29 is 33.9 Å². The first kappa shape index (κ1) is 18.2. The van der Waals surface area contributed by atoms with Crippen molar-refractivity contribution in [3.05, 3.63) is 11.8 Å². The van der Waals surface area contributed by atoms with Crippen LogP contribution in [0.4, 0.5) is 4.79 Å². The van der Waals surface area contributed by atoms with Crippen LogP contribution in [0.15, 0.2) is 11.8 Å². The quantitative estimate of drug-likeness (QED) is 0.126. The van der Waals surface area contributed by atoms with Gasteiger partial charge in [0.1, 0.15) is 6.26 Å². The molecule has 0 fully saturated rings. The van der Waals surface area contributed by atoms with Crippen LogP contribution in [0, 0.1) is 0 Å². The van der Waals surface area contributed by atoms with E-state index in [-0.39, 0.29) is 5.57 Å². The van der Waals surface area contributed by atoms with E-state index >= 15 is 0 Å². The van der Waals surface area contributed by atoms with Gasteiger partial charge in [-0.2, -0.15) is 4.89 Å². The molecule has 0 spiro atoms. The Bertz CT molecular complexity index is 325. The molecule has 7 heteroatoms. The minimum absolute atomic E-state index is 0.138. The van der Waals surface area contributed by atoms with E-state index in [4.69, 9.17) is 14.9 Å². The van der Waals surface area contributed by atoms with Gasteiger partial charge in [-0.05, 0) is 13.3 Å². The summed E-state index contributed by atoms with van der Waals surface area (Å²) in [5, 5.41) is 8.32. The summed E-state index contributed by atoms with van der Waals surface area (Å²) in [7, 11) is 0. The fourth-order valence-corrected chi connectivity index (χ4v) is 1.20. The van der Waals surface area contributed by atoms with Crippen molar-refractivity contribution >= 4 is 12.1 Å². The Hall–Kier alpha value is -1.76. The molecule has 0 aliphatic heterocycles. The summed E-state index contributed by atoms with van der Waals surface area (Å²) in [6.45, 7) is 5.31. The molecule has 1 unspecified atom stereocenters. The molecule has 0 heterocycles. The molecule has 0 radical (unpaired) electrons. The number of carbonyl (C=O) groups excluding carboxylic acids is 1. The Morgan fingerprint density at radius 1 is 1.20 bits per heavy atom. The molecule has 7 nitrogen and oxygen atoms in total. The minimum atomic E-state index is -1.52. The van der Waals surface area contributed by atoms with E-state index in [1.54, 1.807) is 0 Å². The molecule has 116 valence electrons. The van der Waals surface area contributed by atoms with Crippen LogP contribution in [-0.4, -0.2) is 30.1 Å². The molecule has 20 heavy (non-hydrogen) atoms. The number of ether oxygens (including phenoxy) is 2. The number of rotatable bonds is 10. The van der Waals surface area contributed by atoms with Crippen molar-refractivity contribution in [1.82, 2.24) is 0 Å². The Balaban J connectivity index is 3.81. The second-order valence-electron chi connectivity index (χ2n) is 4.14. The lowest BCUT2D eigenvalue weighted by molar-refractivity contribution is -0.250. The van der Waals surface area contributed by atoms with Gasteiger partial charge in [-0.3, -0.25) is 0 Å². The van der Waals surface area contributed by atoms with E-state index in [1.165, 1.54) is 13.8 Å². The van der Waals surface area contributed by atoms with Gasteiger partial charge < -0.3 is 19.5 Å². The first-order valence-electron chi connectivity index (χ1n) is 6.53. The van der Waals surface area contributed by atoms with E-state index < -0.39 is 18.4 Å². The van der Waals surface area contributed by atoms with Gasteiger partial charge in [0, 0.05) is 6.92 Å². The largest absolute Gasteiger partial charge is 0.508 e. The predicted molar refractivity (Wildman–Crippen MR) is 69.6 cm³/mol. The first-order valence-corrected chi connectivity index (χ1v) is 6.53. The van der Waals surface area contributed by atoms with Crippen LogP contribution in [0.3, 0.4) is 0 Å². The maximum absolute atomic E-state index is 11.4. The SMILES string of the molecule is CCCCCCOOC=C(C)C(=O)OC(C)OC(=O)O. The number of unbranched alkanes of at least 4 members (excludes halogenated alkanes) is 3. The van der Waals surface area contributed by atoms with Crippen molar-refractivity contribution in [2.24, 2.45) is 0 Å². The lowest BCUT2D eigenvalue weighted by Gasteiger charge is -2.11. The molecular formula is C13H22O7. The molecule has 0 aromatic heterocycles. The lowest BCUT2D eigenvalue weighted by atomic mass is 10.2. The lowest BCUT2D eigenvalue weighted by Crippen LogP contribution is -2.21. The Morgan fingerprint density at radius 3 is 2.50 bits per heavy atom. The van der Waals surface area contributed by atoms with Crippen molar-refractivity contribution in [3.63, 3.8) is 0 Å². The standard InChI is InChI=1S/C13H22O7/c1-4-5-6-7-8-17-18-9-10(2)12(14)19-11(3)20-13(15)16/h9,11H,4-8H2,1-3H3,(H,15,16). The maximum Gasteiger partial charge on any atom is 0.508 e. The Morgan fingerprint density at radius 2 is 1.90 bits per heavy atom. The van der Waals surface area contributed by atoms with Crippen LogP contribution < -0.4 is 0 Å². The summed E-state index contributed by atoms with van der Waals surface area (Å²) in [6, 6.07) is 0. The summed E-state index contributed by atoms with van der Waals surface area (Å²) in [4.78, 5) is 31.2. The van der Waals surface area contributed by atoms with Gasteiger partial charge in [-0.1, -0.05) is 26.2 Å². The molecule has 0 aromatic rings. The van der Waals surface area contributed by atoms with Gasteiger partial charge in [-0.15, -0.1) is 0 Å². The van der Waals surface area contributed by atoms with E-state index in [9.17, 15) is 9.59 Å². The minimum Gasteiger partial charge on any atom is -0.450 e. The zero-order valence-electron chi connectivity index (χ0n) is 12.1. The highest BCUT2D eigenvalue weighted by molar-refractivity contribution is 5.87. The summed E-state index contributed by atoms with van der Waals surface area (Å²) >= 11 is 0. The number of hydrogen-bond acceptors (Lipinski definition) is 6. The van der Waals surface area contributed by atoms with Crippen LogP contribution >= 0.6 is 0 Å². The predicted octanol–water partition coefficient (Wildman–Crippen LogP) is 3.00. The first-order chi connectivity index (χ1) is 9.47. The highest BCUT2D eigenvalue weighted by atomic mass is 17.2. The third-order valence-electron chi connectivity index (χ3n) is 2.24. The fraction of sp³-hybridized carbons (Fsp3) is 0.692. The zero-order valence-corrected chi connectivity index (χ0v) is 12.1. The van der Waals surface area contributed by atoms with Gasteiger partial charge in [0.15, 0.2) is 0 Å². The van der Waals surface area contributed by atoms with Crippen LogP contribution in [0.2, 0.25) is 0 Å². The highest BCUT2D eigenvalue weighted by Gasteiger charge is 2.14. The number of hydrogen-bond donors (Lipinski definition) is 1. The molecule has 1 atom stereocenters. The van der Waals surface area contributed by atoms with Gasteiger partial charge in [0.05, 0.1) is 12.2 Å². The van der Waals surface area contributed by atoms with Gasteiger partial charge in [0.2, 0.25) is 6.29 Å². The van der Waals surface area contributed by atoms with E-state index in [0.29, 0.717) is 6.61 Å². The summed E-state index contributed by atoms with van der Waals surface area (Å²) in [5.74, 6) is -0.742. The molecule has 0 saturated heterocycles. The van der Waals surface area contributed by atoms with Crippen molar-refractivity contribution in [2.75, 3.05) is 6.61 Å². The van der Waals surface area contributed by atoms with Crippen molar-refractivity contribution in [1.29, 1.82) is 0 Å². The average molecular weight is 290 g/mol. The zero-order chi connectivity index (χ0) is 15.4. The summed E-state index contributed by atoms with van der Waals surface area (Å²) < 4.78 is 8.91. The molecule has 0 aromatic carbocycles. The monoisotopic (exact) mass is 290 g/mol. The highest BCUT2D eigenvalue weighted by Crippen LogP contribution is 2.04. The van der Waals surface area contributed by atoms with Crippen LogP contribution in [0.5, 0.6) is 0 Å². The number of carbonyl (C=O) groups is 2. The topological polar surface area (TPSA) is 91.3 Å². The third-order valence-corrected chi connectivity index (χ3v) is 2.24. The smallest absolute Gasteiger partial charge is 0.450 e. The van der Waals surface area contributed by atoms with Crippen LogP contribution in [0.25, 0.3) is 0 Å². The molecular weight excluding hydrogens is 268 g/mol. The second kappa shape index (κ2) is 11.1. The molecule has 0 aliphatic carbocycles. The average Bonchev–Trinajstić information content (AvgIpc) is 2.36. The molecule has 0 rings (SSSR count). The van der Waals surface area contributed by atoms with Crippen LogP contribution in [-0.2, 0) is 24.0 Å². The molecule has 0 amide bonds. The number of carboxylic acid groups (broad SMARTS) is 1. The summed E-state index contributed by atoms with van der Waals surface area (Å²) in [6.07, 6.45) is 2.64. The third kappa shape index (κ3) is 10.2. The van der Waals surface area contributed by atoms with Crippen molar-refractivity contribution in [2.45, 2.75) is 52.7 Å². The summed E-state index contributed by atoms with van der Waals surface area (Å²) in [5.41, 5.74) is 0.138. The van der Waals surface area contributed by atoms with Gasteiger partial charge in [-0.25, -0.2) is 9.59 Å². The van der Waals surface area contributed by atoms with E-state index in [0.717, 1.165) is 31.9 Å². The maximum atomic E-state index is 11.4. The number of esters is 1. The second-order valence-corrected chi connectivity index (χ2v) is 4.14. The van der Waals surface area contributed by atoms with E-state index in [2.05, 4.69) is 16.4 Å². The molecule has 0 saturated carbocycles. The van der Waals surface area contributed by atoms with Gasteiger partial charge in [0.25, 0.3) is 0 Å². The molecule has 0 bridgehead atoms. The Labute approximate surface area is 118 Å².